The van der Waals surface area contributed by atoms with Gasteiger partial charge in [-0.25, -0.2) is 0 Å². The lowest BCUT2D eigenvalue weighted by atomic mass is 10.3. The molecule has 0 aromatic heterocycles. The standard InChI is InChI=1S/C13H32O4Si4/c1-9-10-11-12-13-21(8)16-19(4,5)14-18(2,3)15-20(6,7)17-21/h9-10H,11-13H2,1-8H3. The normalized spacial score (nSPS) is 27.2. The number of hydrogen-bond donors (Lipinski definition) is 0. The molecule has 0 aromatic carbocycles. The molecule has 0 aromatic rings. The predicted octanol–water partition coefficient (Wildman–Crippen LogP) is 4.60. The van der Waals surface area contributed by atoms with Gasteiger partial charge in [-0.2, -0.15) is 0 Å². The van der Waals surface area contributed by atoms with Crippen molar-refractivity contribution in [1.29, 1.82) is 0 Å². The molecular formula is C13H32O4Si4. The molecule has 0 radical (unpaired) electrons. The quantitative estimate of drug-likeness (QED) is 0.415. The molecule has 0 aliphatic carbocycles. The molecule has 0 saturated carbocycles. The van der Waals surface area contributed by atoms with Gasteiger partial charge in [0.2, 0.25) is 0 Å². The van der Waals surface area contributed by atoms with Crippen molar-refractivity contribution in [3.8, 4) is 0 Å². The van der Waals surface area contributed by atoms with Gasteiger partial charge in [0.05, 0.1) is 0 Å². The van der Waals surface area contributed by atoms with Crippen molar-refractivity contribution in [2.45, 2.75) is 71.6 Å². The average Bonchev–Trinajstić information content (AvgIpc) is 2.17. The Morgan fingerprint density at radius 3 is 1.57 bits per heavy atom. The van der Waals surface area contributed by atoms with E-state index >= 15 is 0 Å². The van der Waals surface area contributed by atoms with Gasteiger partial charge in [0, 0.05) is 0 Å². The fourth-order valence-corrected chi connectivity index (χ4v) is 24.7. The second kappa shape index (κ2) is 6.91. The average molecular weight is 365 g/mol. The van der Waals surface area contributed by atoms with Crippen molar-refractivity contribution >= 4 is 34.2 Å². The van der Waals surface area contributed by atoms with Crippen molar-refractivity contribution in [2.75, 3.05) is 0 Å². The molecule has 8 heteroatoms. The molecule has 0 spiro atoms. The first kappa shape index (κ1) is 19.5. The lowest BCUT2D eigenvalue weighted by Gasteiger charge is -2.47. The van der Waals surface area contributed by atoms with Crippen LogP contribution in [0.15, 0.2) is 12.2 Å². The molecule has 1 heterocycles. The maximum Gasteiger partial charge on any atom is 0.317 e. The smallest absolute Gasteiger partial charge is 0.317 e. The number of unbranched alkanes of at least 4 members (excludes halogenated alkanes) is 1. The highest BCUT2D eigenvalue weighted by molar-refractivity contribution is 6.93. The van der Waals surface area contributed by atoms with Gasteiger partial charge in [0.25, 0.3) is 0 Å². The summed E-state index contributed by atoms with van der Waals surface area (Å²) in [7, 11) is -8.80. The van der Waals surface area contributed by atoms with Gasteiger partial charge in [-0.05, 0) is 71.6 Å². The van der Waals surface area contributed by atoms with E-state index in [1.54, 1.807) is 0 Å². The fraction of sp³-hybridized carbons (Fsp3) is 0.846. The summed E-state index contributed by atoms with van der Waals surface area (Å²) < 4.78 is 25.7. The van der Waals surface area contributed by atoms with E-state index in [1.165, 1.54) is 0 Å². The Labute approximate surface area is 134 Å². The van der Waals surface area contributed by atoms with Crippen LogP contribution in [0.4, 0.5) is 0 Å². The summed E-state index contributed by atoms with van der Waals surface area (Å²) in [5, 5.41) is 0. The Balaban J connectivity index is 2.88. The maximum absolute atomic E-state index is 6.52. The van der Waals surface area contributed by atoms with E-state index in [0.29, 0.717) is 0 Å². The third-order valence-corrected chi connectivity index (χ3v) is 19.7. The summed E-state index contributed by atoms with van der Waals surface area (Å²) in [6.07, 6.45) is 6.48. The number of hydrogen-bond acceptors (Lipinski definition) is 4. The van der Waals surface area contributed by atoms with Crippen LogP contribution in [0.5, 0.6) is 0 Å². The van der Waals surface area contributed by atoms with Crippen molar-refractivity contribution in [3.05, 3.63) is 12.2 Å². The van der Waals surface area contributed by atoms with Crippen LogP contribution in [0.25, 0.3) is 0 Å². The Hall–Kier alpha value is 0.448. The molecule has 0 unspecified atom stereocenters. The Kier molecular flexibility index (Phi) is 6.42. The molecule has 21 heavy (non-hydrogen) atoms. The highest BCUT2D eigenvalue weighted by atomic mass is 28.5. The summed E-state index contributed by atoms with van der Waals surface area (Å²) in [4.78, 5) is 0. The van der Waals surface area contributed by atoms with Gasteiger partial charge in [-0.1, -0.05) is 12.2 Å². The third-order valence-electron chi connectivity index (χ3n) is 3.14. The Bertz CT molecular complexity index is 360. The minimum absolute atomic E-state index is 0.999. The van der Waals surface area contributed by atoms with Gasteiger partial charge in [-0.15, -0.1) is 0 Å². The van der Waals surface area contributed by atoms with Crippen LogP contribution in [-0.4, -0.2) is 34.2 Å². The zero-order valence-electron chi connectivity index (χ0n) is 14.9. The lowest BCUT2D eigenvalue weighted by Crippen LogP contribution is -2.64. The van der Waals surface area contributed by atoms with Crippen LogP contribution in [0.3, 0.4) is 0 Å². The van der Waals surface area contributed by atoms with E-state index in [1.807, 2.05) is 0 Å². The molecule has 124 valence electrons. The van der Waals surface area contributed by atoms with E-state index in [4.69, 9.17) is 16.5 Å². The molecule has 1 saturated heterocycles. The van der Waals surface area contributed by atoms with E-state index < -0.39 is 34.2 Å². The minimum atomic E-state index is -2.24. The van der Waals surface area contributed by atoms with Crippen LogP contribution in [0, 0.1) is 0 Å². The summed E-state index contributed by atoms with van der Waals surface area (Å²) in [6.45, 7) is 16.9. The molecule has 4 nitrogen and oxygen atoms in total. The Morgan fingerprint density at radius 1 is 0.714 bits per heavy atom. The first-order valence-electron chi connectivity index (χ1n) is 7.81. The van der Waals surface area contributed by atoms with Crippen LogP contribution in [-0.2, 0) is 16.5 Å². The zero-order valence-corrected chi connectivity index (χ0v) is 18.9. The van der Waals surface area contributed by atoms with E-state index in [9.17, 15) is 0 Å². The van der Waals surface area contributed by atoms with Crippen molar-refractivity contribution in [3.63, 3.8) is 0 Å². The Morgan fingerprint density at radius 2 is 1.14 bits per heavy atom. The molecule has 0 amide bonds. The lowest BCUT2D eigenvalue weighted by molar-refractivity contribution is 0.234. The molecule has 1 aliphatic heterocycles. The first-order chi connectivity index (χ1) is 9.39. The van der Waals surface area contributed by atoms with Crippen LogP contribution in [0.2, 0.25) is 51.9 Å². The number of rotatable bonds is 4. The first-order valence-corrected chi connectivity index (χ1v) is 18.8. The van der Waals surface area contributed by atoms with Gasteiger partial charge >= 0.3 is 34.2 Å². The third kappa shape index (κ3) is 7.04. The second-order valence-electron chi connectivity index (χ2n) is 7.20. The predicted molar refractivity (Wildman–Crippen MR) is 97.3 cm³/mol. The van der Waals surface area contributed by atoms with Crippen LogP contribution in [0.1, 0.15) is 19.8 Å². The molecule has 1 fully saturated rings. The molecule has 0 bridgehead atoms. The highest BCUT2D eigenvalue weighted by Crippen LogP contribution is 2.33. The summed E-state index contributed by atoms with van der Waals surface area (Å²) in [5.41, 5.74) is 0. The van der Waals surface area contributed by atoms with Gasteiger partial charge < -0.3 is 16.5 Å². The molecule has 0 atom stereocenters. The van der Waals surface area contributed by atoms with Crippen LogP contribution < -0.4 is 0 Å². The van der Waals surface area contributed by atoms with E-state index in [0.717, 1.165) is 18.9 Å². The van der Waals surface area contributed by atoms with Gasteiger partial charge in [-0.3, -0.25) is 0 Å². The van der Waals surface area contributed by atoms with Crippen molar-refractivity contribution < 1.29 is 16.5 Å². The minimum Gasteiger partial charge on any atom is -0.416 e. The number of allylic oxidation sites excluding steroid dienone is 2. The topological polar surface area (TPSA) is 36.9 Å². The van der Waals surface area contributed by atoms with E-state index in [2.05, 4.69) is 64.9 Å². The summed E-state index contributed by atoms with van der Waals surface area (Å²) in [6, 6.07) is 0.999. The van der Waals surface area contributed by atoms with Crippen molar-refractivity contribution in [1.82, 2.24) is 0 Å². The van der Waals surface area contributed by atoms with E-state index in [-0.39, 0.29) is 0 Å². The molecule has 1 rings (SSSR count). The molecular weight excluding hydrogens is 332 g/mol. The SMILES string of the molecule is CC=CCCC[Si]1(C)O[Si](C)(C)O[Si](C)(C)O[Si](C)(C)O1. The fourth-order valence-electron chi connectivity index (χ4n) is 3.12. The highest BCUT2D eigenvalue weighted by Gasteiger charge is 2.51. The zero-order chi connectivity index (χ0) is 16.4. The maximum atomic E-state index is 6.52. The van der Waals surface area contributed by atoms with Crippen molar-refractivity contribution in [2.24, 2.45) is 0 Å². The van der Waals surface area contributed by atoms with Gasteiger partial charge in [0.1, 0.15) is 0 Å². The molecule has 1 aliphatic rings. The largest absolute Gasteiger partial charge is 0.416 e. The van der Waals surface area contributed by atoms with Crippen LogP contribution >= 0.6 is 0 Å². The van der Waals surface area contributed by atoms with Gasteiger partial charge in [0.15, 0.2) is 0 Å². The summed E-state index contributed by atoms with van der Waals surface area (Å²) >= 11 is 0. The monoisotopic (exact) mass is 364 g/mol. The molecule has 0 N–H and O–H groups in total. The second-order valence-corrected chi connectivity index (χ2v) is 21.6. The summed E-state index contributed by atoms with van der Waals surface area (Å²) in [5.74, 6) is 0.